The van der Waals surface area contributed by atoms with Crippen LogP contribution in [0.4, 0.5) is 0 Å². The summed E-state index contributed by atoms with van der Waals surface area (Å²) in [6.07, 6.45) is 15.9. The summed E-state index contributed by atoms with van der Waals surface area (Å²) in [5.41, 5.74) is 0. The molecule has 0 aromatic rings. The van der Waals surface area contributed by atoms with E-state index in [2.05, 4.69) is 18.7 Å². The summed E-state index contributed by atoms with van der Waals surface area (Å²) in [5, 5.41) is 0. The van der Waals surface area contributed by atoms with Gasteiger partial charge < -0.3 is 4.79 Å². The molecule has 1 nitrogen and oxygen atoms in total. The Morgan fingerprint density at radius 2 is 1.62 bits per heavy atom. The summed E-state index contributed by atoms with van der Waals surface area (Å²) in [4.78, 5) is 9.93. The Kier molecular flexibility index (Phi) is 9.96. The van der Waals surface area contributed by atoms with Gasteiger partial charge in [0.1, 0.15) is 6.29 Å². The molecule has 0 fully saturated rings. The highest BCUT2D eigenvalue weighted by atomic mass is 16.1. The van der Waals surface area contributed by atoms with E-state index in [1.165, 1.54) is 6.42 Å². The molecule has 0 bridgehead atoms. The SMILES string of the molecule is C=CCCC/C=C\C/C=C\CC=O. The zero-order valence-electron chi connectivity index (χ0n) is 8.11. The summed E-state index contributed by atoms with van der Waals surface area (Å²) in [7, 11) is 0. The fourth-order valence-corrected chi connectivity index (χ4v) is 0.921. The molecule has 0 rings (SSSR count). The Balaban J connectivity index is 3.20. The Bertz CT molecular complexity index is 178. The third-order valence-corrected chi connectivity index (χ3v) is 1.62. The van der Waals surface area contributed by atoms with E-state index in [0.717, 1.165) is 25.5 Å². The highest BCUT2D eigenvalue weighted by Gasteiger charge is 1.78. The van der Waals surface area contributed by atoms with Crippen LogP contribution in [-0.2, 0) is 4.79 Å². The number of hydrogen-bond donors (Lipinski definition) is 0. The predicted octanol–water partition coefficient (Wildman–Crippen LogP) is 3.43. The average Bonchev–Trinajstić information content (AvgIpc) is 2.16. The monoisotopic (exact) mass is 178 g/mol. The molecule has 0 spiro atoms. The topological polar surface area (TPSA) is 17.1 Å². The van der Waals surface area contributed by atoms with E-state index in [4.69, 9.17) is 0 Å². The van der Waals surface area contributed by atoms with Gasteiger partial charge in [0.15, 0.2) is 0 Å². The molecule has 0 atom stereocenters. The van der Waals surface area contributed by atoms with E-state index in [1.807, 2.05) is 18.2 Å². The van der Waals surface area contributed by atoms with E-state index in [1.54, 1.807) is 0 Å². The smallest absolute Gasteiger partial charge is 0.123 e. The van der Waals surface area contributed by atoms with Crippen LogP contribution in [0.1, 0.15) is 32.1 Å². The Morgan fingerprint density at radius 3 is 2.31 bits per heavy atom. The van der Waals surface area contributed by atoms with Crippen molar-refractivity contribution >= 4 is 6.29 Å². The first-order valence-corrected chi connectivity index (χ1v) is 4.76. The van der Waals surface area contributed by atoms with Gasteiger partial charge in [-0.2, -0.15) is 0 Å². The van der Waals surface area contributed by atoms with Crippen molar-refractivity contribution in [2.24, 2.45) is 0 Å². The minimum atomic E-state index is 0.532. The zero-order chi connectivity index (χ0) is 9.78. The number of rotatable bonds is 8. The third-order valence-electron chi connectivity index (χ3n) is 1.62. The number of hydrogen-bond acceptors (Lipinski definition) is 1. The summed E-state index contributed by atoms with van der Waals surface area (Å²) in [6, 6.07) is 0. The van der Waals surface area contributed by atoms with Crippen molar-refractivity contribution in [1.82, 2.24) is 0 Å². The standard InChI is InChI=1S/C12H18O/c1-2-3-4-5-6-7-8-9-10-11-12-13/h2,6-7,9-10,12H,1,3-5,8,11H2/b7-6-,10-9-. The predicted molar refractivity (Wildman–Crippen MR) is 57.6 cm³/mol. The Labute approximate surface area is 80.8 Å². The van der Waals surface area contributed by atoms with Crippen molar-refractivity contribution < 1.29 is 4.79 Å². The molecule has 72 valence electrons. The normalized spacial score (nSPS) is 11.1. The van der Waals surface area contributed by atoms with Gasteiger partial charge in [-0.1, -0.05) is 30.4 Å². The maximum atomic E-state index is 9.93. The van der Waals surface area contributed by atoms with Crippen LogP contribution in [0.3, 0.4) is 0 Å². The largest absolute Gasteiger partial charge is 0.303 e. The third kappa shape index (κ3) is 10.9. The van der Waals surface area contributed by atoms with Gasteiger partial charge in [0.25, 0.3) is 0 Å². The van der Waals surface area contributed by atoms with E-state index < -0.39 is 0 Å². The van der Waals surface area contributed by atoms with Gasteiger partial charge in [0.05, 0.1) is 0 Å². The lowest BCUT2D eigenvalue weighted by atomic mass is 10.2. The number of carbonyl (C=O) groups is 1. The van der Waals surface area contributed by atoms with Crippen LogP contribution in [0.2, 0.25) is 0 Å². The molecule has 0 saturated heterocycles. The van der Waals surface area contributed by atoms with Gasteiger partial charge in [-0.15, -0.1) is 6.58 Å². The highest BCUT2D eigenvalue weighted by Crippen LogP contribution is 1.98. The lowest BCUT2D eigenvalue weighted by Gasteiger charge is -1.88. The van der Waals surface area contributed by atoms with Crippen LogP contribution in [0.15, 0.2) is 37.0 Å². The number of carbonyl (C=O) groups excluding carboxylic acids is 1. The second kappa shape index (κ2) is 10.9. The van der Waals surface area contributed by atoms with Crippen molar-refractivity contribution in [1.29, 1.82) is 0 Å². The van der Waals surface area contributed by atoms with E-state index in [9.17, 15) is 4.79 Å². The summed E-state index contributed by atoms with van der Waals surface area (Å²) in [5.74, 6) is 0. The minimum absolute atomic E-state index is 0.532. The van der Waals surface area contributed by atoms with Gasteiger partial charge in [-0.25, -0.2) is 0 Å². The second-order valence-corrected chi connectivity index (χ2v) is 2.80. The second-order valence-electron chi connectivity index (χ2n) is 2.80. The molecular formula is C12H18O. The lowest BCUT2D eigenvalue weighted by Crippen LogP contribution is -1.68. The molecule has 0 heterocycles. The fraction of sp³-hybridized carbons (Fsp3) is 0.417. The minimum Gasteiger partial charge on any atom is -0.303 e. The first-order chi connectivity index (χ1) is 6.41. The molecule has 0 aliphatic heterocycles. The van der Waals surface area contributed by atoms with Gasteiger partial charge in [0, 0.05) is 6.42 Å². The van der Waals surface area contributed by atoms with Crippen molar-refractivity contribution in [3.05, 3.63) is 37.0 Å². The van der Waals surface area contributed by atoms with Crippen LogP contribution >= 0.6 is 0 Å². The first-order valence-electron chi connectivity index (χ1n) is 4.76. The summed E-state index contributed by atoms with van der Waals surface area (Å²) >= 11 is 0. The summed E-state index contributed by atoms with van der Waals surface area (Å²) < 4.78 is 0. The van der Waals surface area contributed by atoms with Crippen molar-refractivity contribution in [2.45, 2.75) is 32.1 Å². The molecule has 0 amide bonds. The Morgan fingerprint density at radius 1 is 0.923 bits per heavy atom. The van der Waals surface area contributed by atoms with Crippen LogP contribution in [0, 0.1) is 0 Å². The highest BCUT2D eigenvalue weighted by molar-refractivity contribution is 5.51. The molecule has 0 radical (unpaired) electrons. The van der Waals surface area contributed by atoms with Crippen molar-refractivity contribution in [3.63, 3.8) is 0 Å². The molecule has 13 heavy (non-hydrogen) atoms. The molecule has 0 aromatic carbocycles. The first kappa shape index (κ1) is 11.9. The molecule has 0 aliphatic carbocycles. The molecule has 0 saturated carbocycles. The van der Waals surface area contributed by atoms with E-state index >= 15 is 0 Å². The number of unbranched alkanes of at least 4 members (excludes halogenated alkanes) is 2. The van der Waals surface area contributed by atoms with Gasteiger partial charge in [-0.05, 0) is 25.7 Å². The van der Waals surface area contributed by atoms with Crippen LogP contribution in [0.25, 0.3) is 0 Å². The van der Waals surface area contributed by atoms with Crippen molar-refractivity contribution in [3.8, 4) is 0 Å². The van der Waals surface area contributed by atoms with E-state index in [-0.39, 0.29) is 0 Å². The number of allylic oxidation sites excluding steroid dienone is 5. The van der Waals surface area contributed by atoms with Gasteiger partial charge in [-0.3, -0.25) is 0 Å². The van der Waals surface area contributed by atoms with Crippen LogP contribution < -0.4 is 0 Å². The molecule has 1 heteroatoms. The maximum absolute atomic E-state index is 9.93. The zero-order valence-corrected chi connectivity index (χ0v) is 8.11. The summed E-state index contributed by atoms with van der Waals surface area (Å²) in [6.45, 7) is 3.66. The lowest BCUT2D eigenvalue weighted by molar-refractivity contribution is -0.107. The molecule has 0 unspecified atom stereocenters. The molecule has 0 aromatic heterocycles. The fourth-order valence-electron chi connectivity index (χ4n) is 0.921. The average molecular weight is 178 g/mol. The number of aldehydes is 1. The van der Waals surface area contributed by atoms with E-state index in [0.29, 0.717) is 6.42 Å². The van der Waals surface area contributed by atoms with Crippen LogP contribution in [-0.4, -0.2) is 6.29 Å². The Hall–Kier alpha value is -1.11. The van der Waals surface area contributed by atoms with Gasteiger partial charge in [0.2, 0.25) is 0 Å². The molecule has 0 aliphatic rings. The quantitative estimate of drug-likeness (QED) is 0.316. The molecule has 0 N–H and O–H groups in total. The maximum Gasteiger partial charge on any atom is 0.123 e. The van der Waals surface area contributed by atoms with Gasteiger partial charge >= 0.3 is 0 Å². The van der Waals surface area contributed by atoms with Crippen LogP contribution in [0.5, 0.6) is 0 Å². The molecular weight excluding hydrogens is 160 g/mol. The van der Waals surface area contributed by atoms with Crippen molar-refractivity contribution in [2.75, 3.05) is 0 Å².